The number of rotatable bonds is 0. The van der Waals surface area contributed by atoms with Crippen LogP contribution < -0.4 is 17.0 Å². The summed E-state index contributed by atoms with van der Waals surface area (Å²) in [6, 6.07) is -0.718. The van der Waals surface area contributed by atoms with Crippen LogP contribution in [0.5, 0.6) is 0 Å². The van der Waals surface area contributed by atoms with Crippen molar-refractivity contribution in [3.63, 3.8) is 0 Å². The molecule has 46 valence electrons. The van der Waals surface area contributed by atoms with E-state index in [1.807, 2.05) is 0 Å². The Balaban J connectivity index is 0. The van der Waals surface area contributed by atoms with Gasteiger partial charge in [0.1, 0.15) is 0 Å². The molecule has 6 heteroatoms. The van der Waals surface area contributed by atoms with Crippen LogP contribution in [0.25, 0.3) is 0 Å². The van der Waals surface area contributed by atoms with Crippen molar-refractivity contribution in [3.05, 3.63) is 0 Å². The number of hydrogen-bond acceptors (Lipinski definition) is 4. The van der Waals surface area contributed by atoms with Crippen LogP contribution >= 0.6 is 0 Å². The van der Waals surface area contributed by atoms with Gasteiger partial charge in [0.15, 0.2) is 0 Å². The Morgan fingerprint density at radius 3 is 1.88 bits per heavy atom. The quantitative estimate of drug-likeness (QED) is 0.101. The van der Waals surface area contributed by atoms with E-state index >= 15 is 0 Å². The van der Waals surface area contributed by atoms with E-state index in [0.29, 0.717) is 0 Å². The van der Waals surface area contributed by atoms with Crippen LogP contribution in [0.1, 0.15) is 0 Å². The van der Waals surface area contributed by atoms with E-state index in [1.54, 1.807) is 5.43 Å². The molecule has 0 aromatic rings. The van der Waals surface area contributed by atoms with Gasteiger partial charge in [-0.15, -0.1) is 0 Å². The molecular weight excluding hydrogens is 112 g/mol. The third-order valence-electron chi connectivity index (χ3n) is 0.142. The van der Waals surface area contributed by atoms with Gasteiger partial charge in [0.25, 0.3) is 0 Å². The van der Waals surface area contributed by atoms with Crippen molar-refractivity contribution in [1.29, 1.82) is 5.41 Å². The van der Waals surface area contributed by atoms with Crippen molar-refractivity contribution in [2.24, 2.45) is 11.6 Å². The highest BCUT2D eigenvalue weighted by molar-refractivity contribution is 5.70. The molecule has 0 heterocycles. The van der Waals surface area contributed by atoms with Crippen molar-refractivity contribution < 1.29 is 9.59 Å². The molecule has 6 N–H and O–H groups in total. The SMILES string of the molecule is N=C=O.NNC(N)=O. The lowest BCUT2D eigenvalue weighted by Crippen LogP contribution is -2.34. The zero-order valence-corrected chi connectivity index (χ0v) is 3.97. The van der Waals surface area contributed by atoms with Gasteiger partial charge in [-0.2, -0.15) is 0 Å². The van der Waals surface area contributed by atoms with E-state index < -0.39 is 6.03 Å². The van der Waals surface area contributed by atoms with Gasteiger partial charge in [-0.3, -0.25) is 5.43 Å². The van der Waals surface area contributed by atoms with Gasteiger partial charge < -0.3 is 5.73 Å². The predicted molar refractivity (Wildman–Crippen MR) is 25.3 cm³/mol. The number of primary amides is 1. The summed E-state index contributed by atoms with van der Waals surface area (Å²) in [6.45, 7) is 0. The number of hydrogen-bond donors (Lipinski definition) is 4. The first-order valence-electron chi connectivity index (χ1n) is 1.49. The third-order valence-corrected chi connectivity index (χ3v) is 0.142. The Kier molecular flexibility index (Phi) is 11.2. The topological polar surface area (TPSA) is 122 Å². The molecule has 0 unspecified atom stereocenters. The second kappa shape index (κ2) is 9.15. The largest absolute Gasteiger partial charge is 0.351 e. The summed E-state index contributed by atoms with van der Waals surface area (Å²) < 4.78 is 0. The first-order chi connectivity index (χ1) is 3.68. The van der Waals surface area contributed by atoms with Gasteiger partial charge in [0, 0.05) is 0 Å². The molecule has 0 rings (SSSR count). The Bertz CT molecular complexity index is 94.2. The number of urea groups is 1. The van der Waals surface area contributed by atoms with E-state index in [0.717, 1.165) is 6.08 Å². The van der Waals surface area contributed by atoms with Gasteiger partial charge in [0.05, 0.1) is 0 Å². The van der Waals surface area contributed by atoms with Crippen molar-refractivity contribution in [1.82, 2.24) is 5.43 Å². The van der Waals surface area contributed by atoms with Gasteiger partial charge in [-0.05, 0) is 0 Å². The Labute approximate surface area is 45.3 Å². The second-order valence-corrected chi connectivity index (χ2v) is 0.611. The highest BCUT2D eigenvalue weighted by atomic mass is 16.2. The monoisotopic (exact) mass is 118 g/mol. The van der Waals surface area contributed by atoms with Gasteiger partial charge in [0.2, 0.25) is 6.08 Å². The van der Waals surface area contributed by atoms with Crippen LogP contribution in [0, 0.1) is 5.41 Å². The minimum absolute atomic E-state index is 0.718. The number of carbonyl (C=O) groups is 1. The standard InChI is InChI=1S/CH5N3O.CHNO/c2-1(5)4-3;2-1-3/h3H2,(H3,2,4,5);2H. The molecular formula is C2H6N4O2. The summed E-state index contributed by atoms with van der Waals surface area (Å²) in [4.78, 5) is 17.7. The molecule has 8 heavy (non-hydrogen) atoms. The molecule has 0 saturated heterocycles. The summed E-state index contributed by atoms with van der Waals surface area (Å²) >= 11 is 0. The summed E-state index contributed by atoms with van der Waals surface area (Å²) in [7, 11) is 0. The highest BCUT2D eigenvalue weighted by Gasteiger charge is 1.73. The lowest BCUT2D eigenvalue weighted by atomic mass is 11.2. The van der Waals surface area contributed by atoms with Crippen LogP contribution in [-0.4, -0.2) is 12.1 Å². The van der Waals surface area contributed by atoms with Gasteiger partial charge in [-0.1, -0.05) is 0 Å². The number of nitrogens with two attached hydrogens (primary N) is 2. The van der Waals surface area contributed by atoms with Crippen molar-refractivity contribution >= 4 is 12.1 Å². The van der Waals surface area contributed by atoms with E-state index in [4.69, 9.17) is 10.2 Å². The molecule has 0 bridgehead atoms. The second-order valence-electron chi connectivity index (χ2n) is 0.611. The molecule has 0 radical (unpaired) electrons. The van der Waals surface area contributed by atoms with Gasteiger partial charge in [-0.25, -0.2) is 20.8 Å². The fourth-order valence-electron chi connectivity index (χ4n) is 0. The number of carbonyl (C=O) groups excluding carboxylic acids is 2. The molecule has 0 aliphatic carbocycles. The third kappa shape index (κ3) is 161. The molecule has 0 fully saturated rings. The van der Waals surface area contributed by atoms with Crippen LogP contribution in [0.15, 0.2) is 0 Å². The van der Waals surface area contributed by atoms with Crippen LogP contribution in [-0.2, 0) is 4.79 Å². The maximum absolute atomic E-state index is 9.35. The smallest absolute Gasteiger partial charge is 0.326 e. The lowest BCUT2D eigenvalue weighted by Gasteiger charge is -1.81. The van der Waals surface area contributed by atoms with E-state index in [1.165, 1.54) is 0 Å². The molecule has 0 aliphatic heterocycles. The Morgan fingerprint density at radius 2 is 1.88 bits per heavy atom. The molecule has 6 nitrogen and oxygen atoms in total. The molecule has 0 aromatic carbocycles. The van der Waals surface area contributed by atoms with Crippen molar-refractivity contribution in [3.8, 4) is 0 Å². The summed E-state index contributed by atoms with van der Waals surface area (Å²) in [6.07, 6.45) is 0.750. The minimum Gasteiger partial charge on any atom is -0.351 e. The van der Waals surface area contributed by atoms with Crippen molar-refractivity contribution in [2.75, 3.05) is 0 Å². The van der Waals surface area contributed by atoms with E-state index in [-0.39, 0.29) is 0 Å². The van der Waals surface area contributed by atoms with E-state index in [9.17, 15) is 4.79 Å². The molecule has 0 atom stereocenters. The fraction of sp³-hybridized carbons (Fsp3) is 0. The zero-order valence-electron chi connectivity index (χ0n) is 3.97. The summed E-state index contributed by atoms with van der Waals surface area (Å²) in [5.41, 5.74) is 6.08. The fourth-order valence-corrected chi connectivity index (χ4v) is 0. The minimum atomic E-state index is -0.718. The van der Waals surface area contributed by atoms with E-state index in [2.05, 4.69) is 11.6 Å². The van der Waals surface area contributed by atoms with Crippen LogP contribution in [0.4, 0.5) is 4.79 Å². The normalized spacial score (nSPS) is 5.12. The number of amides is 2. The molecule has 0 aliphatic rings. The maximum Gasteiger partial charge on any atom is 0.326 e. The average Bonchev–Trinajstić information content (AvgIpc) is 1.69. The average molecular weight is 118 g/mol. The molecule has 2 amide bonds. The lowest BCUT2D eigenvalue weighted by molar-refractivity contribution is 0.249. The van der Waals surface area contributed by atoms with Crippen LogP contribution in [0.3, 0.4) is 0 Å². The summed E-state index contributed by atoms with van der Waals surface area (Å²) in [5.74, 6) is 4.45. The summed E-state index contributed by atoms with van der Waals surface area (Å²) in [5, 5.41) is 5.40. The van der Waals surface area contributed by atoms with Crippen molar-refractivity contribution in [2.45, 2.75) is 0 Å². The number of hydrazine groups is 1. The number of isocyanates is 1. The Morgan fingerprint density at radius 1 is 1.75 bits per heavy atom. The zero-order chi connectivity index (χ0) is 6.99. The molecule has 0 spiro atoms. The highest BCUT2D eigenvalue weighted by Crippen LogP contribution is 1.34. The van der Waals surface area contributed by atoms with Gasteiger partial charge >= 0.3 is 6.03 Å². The van der Waals surface area contributed by atoms with Crippen LogP contribution in [0.2, 0.25) is 0 Å². The molecule has 0 saturated carbocycles. The molecule has 0 aromatic heterocycles. The first kappa shape index (κ1) is 9.79. The Hall–Kier alpha value is -1.39. The maximum atomic E-state index is 9.35. The predicted octanol–water partition coefficient (Wildman–Crippen LogP) is -1.57. The first-order valence-corrected chi connectivity index (χ1v) is 1.49. The number of nitrogens with one attached hydrogen (secondary N) is 2.